The van der Waals surface area contributed by atoms with Gasteiger partial charge in [0.05, 0.1) is 5.69 Å². The molecule has 0 aliphatic heterocycles. The van der Waals surface area contributed by atoms with Crippen molar-refractivity contribution in [1.82, 2.24) is 0 Å². The molecule has 0 spiro atoms. The number of carbonyl (C=O) groups excluding carboxylic acids is 1. The van der Waals surface area contributed by atoms with Crippen LogP contribution in [0.25, 0.3) is 0 Å². The number of nitrogens with one attached hydrogen (secondary N) is 1. The topological polar surface area (TPSA) is 50.7 Å². The highest BCUT2D eigenvalue weighted by atomic mass is 16.5. The molecule has 0 bridgehead atoms. The van der Waals surface area contributed by atoms with Crippen LogP contribution in [0.4, 0.5) is 11.4 Å². The Labute approximate surface area is 181 Å². The van der Waals surface area contributed by atoms with Crippen molar-refractivity contribution < 1.29 is 9.53 Å². The highest BCUT2D eigenvalue weighted by Gasteiger charge is 2.10. The van der Waals surface area contributed by atoms with Crippen LogP contribution in [0.2, 0.25) is 0 Å². The van der Waals surface area contributed by atoms with Crippen LogP contribution in [0.1, 0.15) is 21.5 Å². The average molecular weight is 406 g/mol. The molecule has 0 saturated heterocycles. The predicted molar refractivity (Wildman–Crippen MR) is 125 cm³/mol. The van der Waals surface area contributed by atoms with E-state index in [9.17, 15) is 4.79 Å². The van der Waals surface area contributed by atoms with E-state index in [0.717, 1.165) is 22.5 Å². The largest absolute Gasteiger partial charge is 0.472 e. The summed E-state index contributed by atoms with van der Waals surface area (Å²) in [5.74, 6) is 0.342. The molecule has 1 amide bonds. The van der Waals surface area contributed by atoms with Gasteiger partial charge < -0.3 is 10.1 Å². The molecule has 4 rings (SSSR count). The Morgan fingerprint density at radius 3 is 1.87 bits per heavy atom. The van der Waals surface area contributed by atoms with Gasteiger partial charge in [-0.2, -0.15) is 0 Å². The van der Waals surface area contributed by atoms with Crippen LogP contribution in [0.3, 0.4) is 0 Å². The average Bonchev–Trinajstić information content (AvgIpc) is 2.84. The smallest absolute Gasteiger partial charge is 0.255 e. The van der Waals surface area contributed by atoms with E-state index >= 15 is 0 Å². The van der Waals surface area contributed by atoms with E-state index in [1.54, 1.807) is 12.1 Å². The van der Waals surface area contributed by atoms with E-state index < -0.39 is 0 Å². The minimum atomic E-state index is -0.162. The van der Waals surface area contributed by atoms with Gasteiger partial charge in [0, 0.05) is 16.8 Å². The minimum absolute atomic E-state index is 0.162. The van der Waals surface area contributed by atoms with Crippen LogP contribution >= 0.6 is 0 Å². The monoisotopic (exact) mass is 406 g/mol. The van der Waals surface area contributed by atoms with Gasteiger partial charge in [-0.3, -0.25) is 4.79 Å². The van der Waals surface area contributed by atoms with Crippen LogP contribution in [0.15, 0.2) is 120 Å². The third-order valence-corrected chi connectivity index (χ3v) is 4.63. The first-order valence-electron chi connectivity index (χ1n) is 10.1. The minimum Gasteiger partial charge on any atom is -0.472 e. The summed E-state index contributed by atoms with van der Waals surface area (Å²) in [6.07, 6.45) is 0. The van der Waals surface area contributed by atoms with Crippen LogP contribution in [0.5, 0.6) is 0 Å². The number of para-hydroxylation sites is 2. The van der Waals surface area contributed by atoms with Gasteiger partial charge in [-0.25, -0.2) is 4.99 Å². The highest BCUT2D eigenvalue weighted by molar-refractivity contribution is 6.05. The van der Waals surface area contributed by atoms with Gasteiger partial charge in [-0.1, -0.05) is 66.7 Å². The molecule has 0 aliphatic rings. The number of hydrogen-bond acceptors (Lipinski definition) is 3. The molecule has 0 aromatic heterocycles. The zero-order valence-corrected chi connectivity index (χ0v) is 16.9. The molecular weight excluding hydrogens is 384 g/mol. The van der Waals surface area contributed by atoms with Crippen molar-refractivity contribution in [3.05, 3.63) is 132 Å². The summed E-state index contributed by atoms with van der Waals surface area (Å²) in [6.45, 7) is 0.406. The lowest BCUT2D eigenvalue weighted by atomic mass is 10.1. The van der Waals surface area contributed by atoms with Crippen molar-refractivity contribution in [3.63, 3.8) is 0 Å². The van der Waals surface area contributed by atoms with Crippen LogP contribution in [0, 0.1) is 0 Å². The number of benzene rings is 4. The van der Waals surface area contributed by atoms with E-state index in [1.165, 1.54) is 0 Å². The second-order valence-electron chi connectivity index (χ2n) is 6.92. The van der Waals surface area contributed by atoms with Gasteiger partial charge in [-0.15, -0.1) is 0 Å². The number of carbonyl (C=O) groups is 1. The van der Waals surface area contributed by atoms with Crippen molar-refractivity contribution in [3.8, 4) is 0 Å². The Hall–Kier alpha value is -4.18. The maximum Gasteiger partial charge on any atom is 0.255 e. The van der Waals surface area contributed by atoms with E-state index in [-0.39, 0.29) is 5.91 Å². The van der Waals surface area contributed by atoms with Gasteiger partial charge in [0.2, 0.25) is 5.90 Å². The standard InChI is InChI=1S/C27H22N2O2/c30-26(28-24-12-6-2-7-13-24)22-16-18-23(19-17-22)27(29-25-14-8-3-9-15-25)31-20-21-10-4-1-5-11-21/h1-19H,20H2,(H,28,30). The lowest BCUT2D eigenvalue weighted by molar-refractivity contribution is 0.102. The summed E-state index contributed by atoms with van der Waals surface area (Å²) < 4.78 is 6.06. The maximum atomic E-state index is 12.5. The molecule has 4 heteroatoms. The third-order valence-electron chi connectivity index (χ3n) is 4.63. The molecule has 0 unspecified atom stereocenters. The van der Waals surface area contributed by atoms with E-state index in [2.05, 4.69) is 10.3 Å². The molecule has 1 N–H and O–H groups in total. The molecule has 4 aromatic carbocycles. The molecular formula is C27H22N2O2. The normalized spacial score (nSPS) is 11.0. The zero-order chi connectivity index (χ0) is 21.3. The molecule has 152 valence electrons. The quantitative estimate of drug-likeness (QED) is 0.305. The molecule has 0 radical (unpaired) electrons. The number of rotatable bonds is 6. The van der Waals surface area contributed by atoms with Crippen molar-refractivity contribution >= 4 is 23.2 Å². The van der Waals surface area contributed by atoms with E-state index in [1.807, 2.05) is 103 Å². The predicted octanol–water partition coefficient (Wildman–Crippen LogP) is 6.23. The summed E-state index contributed by atoms with van der Waals surface area (Å²) in [7, 11) is 0. The van der Waals surface area contributed by atoms with E-state index in [4.69, 9.17) is 4.74 Å². The van der Waals surface area contributed by atoms with Gasteiger partial charge >= 0.3 is 0 Å². The second kappa shape index (κ2) is 10.0. The number of hydrogen-bond donors (Lipinski definition) is 1. The van der Waals surface area contributed by atoms with Crippen molar-refractivity contribution in [2.45, 2.75) is 6.61 Å². The molecule has 0 aliphatic carbocycles. The van der Waals surface area contributed by atoms with Crippen molar-refractivity contribution in [2.75, 3.05) is 5.32 Å². The number of anilines is 1. The second-order valence-corrected chi connectivity index (χ2v) is 6.92. The Morgan fingerprint density at radius 2 is 1.23 bits per heavy atom. The molecule has 4 aromatic rings. The molecule has 0 atom stereocenters. The maximum absolute atomic E-state index is 12.5. The Kier molecular flexibility index (Phi) is 6.51. The summed E-state index contributed by atoms with van der Waals surface area (Å²) in [5.41, 5.74) is 3.98. The Morgan fingerprint density at radius 1 is 0.677 bits per heavy atom. The number of ether oxygens (including phenoxy) is 1. The lowest BCUT2D eigenvalue weighted by Crippen LogP contribution is -2.12. The fourth-order valence-electron chi connectivity index (χ4n) is 3.01. The fraction of sp³-hybridized carbons (Fsp3) is 0.0370. The Balaban J connectivity index is 1.54. The summed E-state index contributed by atoms with van der Waals surface area (Å²) in [5, 5.41) is 2.89. The molecule has 0 fully saturated rings. The SMILES string of the molecule is O=C(Nc1ccccc1)c1ccc(C(=Nc2ccccc2)OCc2ccccc2)cc1. The van der Waals surface area contributed by atoms with Crippen molar-refractivity contribution in [1.29, 1.82) is 0 Å². The third kappa shape index (κ3) is 5.67. The highest BCUT2D eigenvalue weighted by Crippen LogP contribution is 2.17. The first-order valence-corrected chi connectivity index (χ1v) is 10.1. The van der Waals surface area contributed by atoms with Gasteiger partial charge in [0.25, 0.3) is 5.91 Å². The number of amides is 1. The van der Waals surface area contributed by atoms with Gasteiger partial charge in [0.15, 0.2) is 0 Å². The summed E-state index contributed by atoms with van der Waals surface area (Å²) >= 11 is 0. The molecule has 4 nitrogen and oxygen atoms in total. The Bertz CT molecular complexity index is 1140. The van der Waals surface area contributed by atoms with Gasteiger partial charge in [0.1, 0.15) is 6.61 Å². The first-order chi connectivity index (χ1) is 15.3. The summed E-state index contributed by atoms with van der Waals surface area (Å²) in [6, 6.07) is 36.3. The molecule has 31 heavy (non-hydrogen) atoms. The van der Waals surface area contributed by atoms with Gasteiger partial charge in [-0.05, 0) is 54.1 Å². The number of nitrogens with zero attached hydrogens (tertiary/aromatic N) is 1. The van der Waals surface area contributed by atoms with Crippen LogP contribution in [-0.4, -0.2) is 11.8 Å². The first kappa shape index (κ1) is 20.1. The van der Waals surface area contributed by atoms with Crippen LogP contribution < -0.4 is 5.32 Å². The van der Waals surface area contributed by atoms with Crippen molar-refractivity contribution in [2.24, 2.45) is 4.99 Å². The molecule has 0 saturated carbocycles. The zero-order valence-electron chi connectivity index (χ0n) is 16.9. The van der Waals surface area contributed by atoms with E-state index in [0.29, 0.717) is 18.1 Å². The van der Waals surface area contributed by atoms with Crippen LogP contribution in [-0.2, 0) is 11.3 Å². The number of aliphatic imine (C=N–C) groups is 1. The summed E-state index contributed by atoms with van der Waals surface area (Å²) in [4.78, 5) is 17.2. The fourth-order valence-corrected chi connectivity index (χ4v) is 3.01. The molecule has 0 heterocycles. The lowest BCUT2D eigenvalue weighted by Gasteiger charge is -2.11.